The zero-order valence-electron chi connectivity index (χ0n) is 23.4. The van der Waals surface area contributed by atoms with Gasteiger partial charge >= 0.3 is 0 Å². The van der Waals surface area contributed by atoms with E-state index in [1.807, 2.05) is 26.0 Å². The van der Waals surface area contributed by atoms with Crippen LogP contribution in [0.3, 0.4) is 0 Å². The molecule has 0 aliphatic carbocycles. The first-order valence-electron chi connectivity index (χ1n) is 14.0. The highest BCUT2D eigenvalue weighted by atomic mass is 19.1. The average molecular weight is 553 g/mol. The molecule has 0 bridgehead atoms. The molecule has 214 valence electrons. The summed E-state index contributed by atoms with van der Waals surface area (Å²) in [7, 11) is 0. The number of anilines is 1. The summed E-state index contributed by atoms with van der Waals surface area (Å²) in [5, 5.41) is 8.58. The number of carbonyl (C=O) groups excluding carboxylic acids is 3. The van der Waals surface area contributed by atoms with E-state index in [4.69, 9.17) is 0 Å². The molecule has 2 aromatic rings. The predicted octanol–water partition coefficient (Wildman–Crippen LogP) is 4.82. The van der Waals surface area contributed by atoms with Gasteiger partial charge in [0.1, 0.15) is 11.6 Å². The number of benzene rings is 2. The standard InChI is InChI=1S/C31H38F2N4O3/c1-19(2)30(39)36-24-7-4-6-22(16-24)21-10-14-37(15-11-21)13-5-12-34-31(40)29-20(3)35-28(38)18-26(29)25-9-8-23(32)17-27(25)33/h4,6-9,16-17,19,21,26H,5,10-15,18H2,1-3H3,(H,34,40)(H,35,38)(H,36,39). The Bertz CT molecular complexity index is 1290. The topological polar surface area (TPSA) is 90.5 Å². The molecule has 1 atom stereocenters. The zero-order chi connectivity index (χ0) is 28.8. The van der Waals surface area contributed by atoms with Gasteiger partial charge in [0.25, 0.3) is 0 Å². The lowest BCUT2D eigenvalue weighted by Gasteiger charge is -2.32. The number of likely N-dealkylation sites (tertiary alicyclic amines) is 1. The molecule has 3 amide bonds. The predicted molar refractivity (Wildman–Crippen MR) is 151 cm³/mol. The Morgan fingerprint density at radius 3 is 2.55 bits per heavy atom. The molecular weight excluding hydrogens is 514 g/mol. The molecule has 1 fully saturated rings. The zero-order valence-corrected chi connectivity index (χ0v) is 23.4. The van der Waals surface area contributed by atoms with Crippen LogP contribution in [0.2, 0.25) is 0 Å². The lowest BCUT2D eigenvalue weighted by molar-refractivity contribution is -0.122. The maximum atomic E-state index is 14.5. The Kier molecular flexibility index (Phi) is 9.68. The number of hydrogen-bond donors (Lipinski definition) is 3. The second-order valence-corrected chi connectivity index (χ2v) is 11.0. The van der Waals surface area contributed by atoms with Crippen molar-refractivity contribution in [3.63, 3.8) is 0 Å². The molecule has 4 rings (SSSR count). The van der Waals surface area contributed by atoms with Gasteiger partial charge in [-0.3, -0.25) is 14.4 Å². The summed E-state index contributed by atoms with van der Waals surface area (Å²) in [6.45, 7) is 8.55. The molecule has 0 aromatic heterocycles. The quantitative estimate of drug-likeness (QED) is 0.389. The second kappa shape index (κ2) is 13.2. The van der Waals surface area contributed by atoms with Gasteiger partial charge in [-0.15, -0.1) is 0 Å². The molecule has 0 spiro atoms. The number of nitrogens with zero attached hydrogens (tertiary/aromatic N) is 1. The van der Waals surface area contributed by atoms with Gasteiger partial charge < -0.3 is 20.9 Å². The number of rotatable bonds is 9. The fraction of sp³-hybridized carbons (Fsp3) is 0.452. The molecule has 1 unspecified atom stereocenters. The van der Waals surface area contributed by atoms with Crippen LogP contribution < -0.4 is 16.0 Å². The Hall–Kier alpha value is -3.59. The minimum absolute atomic E-state index is 0.0110. The van der Waals surface area contributed by atoms with Gasteiger partial charge in [-0.25, -0.2) is 8.78 Å². The number of carbonyl (C=O) groups is 3. The molecule has 2 aromatic carbocycles. The summed E-state index contributed by atoms with van der Waals surface area (Å²) in [6.07, 6.45) is 2.71. The molecule has 40 heavy (non-hydrogen) atoms. The van der Waals surface area contributed by atoms with Gasteiger partial charge in [0.2, 0.25) is 17.7 Å². The number of amides is 3. The van der Waals surface area contributed by atoms with E-state index in [0.717, 1.165) is 56.7 Å². The van der Waals surface area contributed by atoms with Crippen LogP contribution in [-0.4, -0.2) is 48.8 Å². The van der Waals surface area contributed by atoms with Crippen molar-refractivity contribution < 1.29 is 23.2 Å². The second-order valence-electron chi connectivity index (χ2n) is 11.0. The number of allylic oxidation sites excluding steroid dienone is 1. The summed E-state index contributed by atoms with van der Waals surface area (Å²) in [6, 6.07) is 11.3. The fourth-order valence-corrected chi connectivity index (χ4v) is 5.50. The molecule has 9 heteroatoms. The molecule has 2 heterocycles. The lowest BCUT2D eigenvalue weighted by atomic mass is 9.83. The van der Waals surface area contributed by atoms with Crippen molar-refractivity contribution in [1.29, 1.82) is 0 Å². The van der Waals surface area contributed by atoms with Crippen LogP contribution in [-0.2, 0) is 14.4 Å². The summed E-state index contributed by atoms with van der Waals surface area (Å²) in [4.78, 5) is 39.7. The van der Waals surface area contributed by atoms with Crippen molar-refractivity contribution in [2.45, 2.75) is 58.3 Å². The minimum Gasteiger partial charge on any atom is -0.352 e. The van der Waals surface area contributed by atoms with Crippen molar-refractivity contribution in [2.24, 2.45) is 5.92 Å². The molecule has 0 radical (unpaired) electrons. The van der Waals surface area contributed by atoms with Gasteiger partial charge in [0, 0.05) is 47.8 Å². The first-order valence-corrected chi connectivity index (χ1v) is 14.0. The lowest BCUT2D eigenvalue weighted by Crippen LogP contribution is -2.39. The molecule has 7 nitrogen and oxygen atoms in total. The van der Waals surface area contributed by atoms with Gasteiger partial charge in [-0.1, -0.05) is 32.0 Å². The van der Waals surface area contributed by atoms with Crippen molar-refractivity contribution in [3.05, 3.63) is 76.5 Å². The maximum absolute atomic E-state index is 14.5. The third kappa shape index (κ3) is 7.33. The van der Waals surface area contributed by atoms with Crippen molar-refractivity contribution in [2.75, 3.05) is 31.5 Å². The minimum atomic E-state index is -0.773. The molecule has 1 saturated heterocycles. The SMILES string of the molecule is CC1=C(C(=O)NCCCN2CCC(c3cccc(NC(=O)C(C)C)c3)CC2)C(c2ccc(F)cc2F)CC(=O)N1. The normalized spacial score (nSPS) is 18.6. The number of piperidine rings is 1. The van der Waals surface area contributed by atoms with Gasteiger partial charge in [-0.05, 0) is 81.1 Å². The van der Waals surface area contributed by atoms with Crippen molar-refractivity contribution in [1.82, 2.24) is 15.5 Å². The highest BCUT2D eigenvalue weighted by molar-refractivity contribution is 5.99. The molecule has 0 saturated carbocycles. The smallest absolute Gasteiger partial charge is 0.249 e. The third-order valence-corrected chi connectivity index (χ3v) is 7.73. The Balaban J connectivity index is 1.26. The highest BCUT2D eigenvalue weighted by Gasteiger charge is 2.33. The molecule has 2 aliphatic heterocycles. The third-order valence-electron chi connectivity index (χ3n) is 7.73. The Labute approximate surface area is 234 Å². The maximum Gasteiger partial charge on any atom is 0.249 e. The van der Waals surface area contributed by atoms with E-state index < -0.39 is 17.6 Å². The number of halogens is 2. The molecule has 3 N–H and O–H groups in total. The van der Waals surface area contributed by atoms with E-state index in [2.05, 4.69) is 33.0 Å². The van der Waals surface area contributed by atoms with Crippen molar-refractivity contribution >= 4 is 23.4 Å². The van der Waals surface area contributed by atoms with E-state index in [9.17, 15) is 23.2 Å². The van der Waals surface area contributed by atoms with Crippen LogP contribution >= 0.6 is 0 Å². The molecule has 2 aliphatic rings. The van der Waals surface area contributed by atoms with Crippen LogP contribution in [0, 0.1) is 17.6 Å². The van der Waals surface area contributed by atoms with E-state index in [0.29, 0.717) is 23.7 Å². The van der Waals surface area contributed by atoms with Gasteiger partial charge in [0.15, 0.2) is 0 Å². The first kappa shape index (κ1) is 29.4. The van der Waals surface area contributed by atoms with Gasteiger partial charge in [-0.2, -0.15) is 0 Å². The summed E-state index contributed by atoms with van der Waals surface area (Å²) >= 11 is 0. The van der Waals surface area contributed by atoms with E-state index in [1.54, 1.807) is 6.92 Å². The van der Waals surface area contributed by atoms with Crippen LogP contribution in [0.5, 0.6) is 0 Å². The fourth-order valence-electron chi connectivity index (χ4n) is 5.50. The van der Waals surface area contributed by atoms with Crippen LogP contribution in [0.15, 0.2) is 53.7 Å². The van der Waals surface area contributed by atoms with Crippen LogP contribution in [0.4, 0.5) is 14.5 Å². The first-order chi connectivity index (χ1) is 19.1. The Morgan fingerprint density at radius 1 is 1.10 bits per heavy atom. The average Bonchev–Trinajstić information content (AvgIpc) is 2.91. The Morgan fingerprint density at radius 2 is 1.85 bits per heavy atom. The number of hydrogen-bond acceptors (Lipinski definition) is 4. The summed E-state index contributed by atoms with van der Waals surface area (Å²) in [5.41, 5.74) is 2.90. The van der Waals surface area contributed by atoms with E-state index in [1.165, 1.54) is 11.6 Å². The summed E-state index contributed by atoms with van der Waals surface area (Å²) in [5.74, 6) is -2.53. The number of nitrogens with one attached hydrogen (secondary N) is 3. The highest BCUT2D eigenvalue weighted by Crippen LogP contribution is 2.34. The molecular formula is C31H38F2N4O3. The van der Waals surface area contributed by atoms with Gasteiger partial charge in [0.05, 0.1) is 0 Å². The monoisotopic (exact) mass is 552 g/mol. The largest absolute Gasteiger partial charge is 0.352 e. The van der Waals surface area contributed by atoms with Crippen molar-refractivity contribution in [3.8, 4) is 0 Å². The van der Waals surface area contributed by atoms with Crippen LogP contribution in [0.1, 0.15) is 69.4 Å². The van der Waals surface area contributed by atoms with E-state index >= 15 is 0 Å². The summed E-state index contributed by atoms with van der Waals surface area (Å²) < 4.78 is 28.0. The van der Waals surface area contributed by atoms with Crippen LogP contribution in [0.25, 0.3) is 0 Å². The van der Waals surface area contributed by atoms with E-state index in [-0.39, 0.29) is 35.6 Å².